The van der Waals surface area contributed by atoms with E-state index < -0.39 is 0 Å². The van der Waals surface area contributed by atoms with Crippen molar-refractivity contribution in [1.29, 1.82) is 0 Å². The molecule has 2 rings (SSSR count). The molecule has 82 valence electrons. The first-order chi connectivity index (χ1) is 7.74. The monoisotopic (exact) mass is 292 g/mol. The van der Waals surface area contributed by atoms with Crippen LogP contribution in [0.2, 0.25) is 0 Å². The second kappa shape index (κ2) is 5.55. The first-order valence-corrected chi connectivity index (χ1v) is 6.96. The minimum absolute atomic E-state index is 1.02. The molecule has 0 bridgehead atoms. The SMILES string of the molecule is Cc1ccc(SCc2ccc(Br)cc2)cc1. The fraction of sp³-hybridized carbons (Fsp3) is 0.143. The number of hydrogen-bond acceptors (Lipinski definition) is 1. The van der Waals surface area contributed by atoms with Gasteiger partial charge in [0.15, 0.2) is 0 Å². The smallest absolute Gasteiger partial charge is 0.0232 e. The van der Waals surface area contributed by atoms with Crippen LogP contribution >= 0.6 is 27.7 Å². The van der Waals surface area contributed by atoms with Crippen LogP contribution in [0.4, 0.5) is 0 Å². The molecule has 0 saturated carbocycles. The van der Waals surface area contributed by atoms with Crippen molar-refractivity contribution in [2.24, 2.45) is 0 Å². The van der Waals surface area contributed by atoms with Crippen molar-refractivity contribution in [3.05, 3.63) is 64.1 Å². The van der Waals surface area contributed by atoms with E-state index in [1.165, 1.54) is 16.0 Å². The number of benzene rings is 2. The summed E-state index contributed by atoms with van der Waals surface area (Å²) in [7, 11) is 0. The minimum atomic E-state index is 1.02. The zero-order valence-electron chi connectivity index (χ0n) is 9.11. The van der Waals surface area contributed by atoms with Gasteiger partial charge in [0, 0.05) is 15.1 Å². The third-order valence-electron chi connectivity index (χ3n) is 2.34. The Kier molecular flexibility index (Phi) is 4.08. The number of hydrogen-bond donors (Lipinski definition) is 0. The summed E-state index contributed by atoms with van der Waals surface area (Å²) in [4.78, 5) is 1.33. The molecule has 0 heterocycles. The van der Waals surface area contributed by atoms with E-state index in [-0.39, 0.29) is 0 Å². The number of aryl methyl sites for hydroxylation is 1. The highest BCUT2D eigenvalue weighted by molar-refractivity contribution is 9.10. The molecular weight excluding hydrogens is 280 g/mol. The quantitative estimate of drug-likeness (QED) is 0.714. The fourth-order valence-corrected chi connectivity index (χ4v) is 2.50. The molecule has 0 aromatic heterocycles. The van der Waals surface area contributed by atoms with Gasteiger partial charge in [-0.15, -0.1) is 11.8 Å². The summed E-state index contributed by atoms with van der Waals surface area (Å²) in [6, 6.07) is 17.2. The van der Waals surface area contributed by atoms with E-state index in [4.69, 9.17) is 0 Å². The van der Waals surface area contributed by atoms with E-state index in [2.05, 4.69) is 71.4 Å². The molecule has 2 aromatic carbocycles. The van der Waals surface area contributed by atoms with Gasteiger partial charge in [-0.2, -0.15) is 0 Å². The molecule has 0 aliphatic heterocycles. The van der Waals surface area contributed by atoms with Crippen LogP contribution in [0.1, 0.15) is 11.1 Å². The van der Waals surface area contributed by atoms with Gasteiger partial charge in [-0.1, -0.05) is 45.8 Å². The molecular formula is C14H13BrS. The molecule has 0 N–H and O–H groups in total. The highest BCUT2D eigenvalue weighted by Crippen LogP contribution is 2.23. The molecule has 0 spiro atoms. The van der Waals surface area contributed by atoms with Crippen LogP contribution < -0.4 is 0 Å². The topological polar surface area (TPSA) is 0 Å². The van der Waals surface area contributed by atoms with Gasteiger partial charge >= 0.3 is 0 Å². The summed E-state index contributed by atoms with van der Waals surface area (Å²) in [5, 5.41) is 0. The largest absolute Gasteiger partial charge is 0.121 e. The maximum Gasteiger partial charge on any atom is 0.0232 e. The van der Waals surface area contributed by atoms with E-state index >= 15 is 0 Å². The lowest BCUT2D eigenvalue weighted by Gasteiger charge is -2.02. The number of rotatable bonds is 3. The van der Waals surface area contributed by atoms with Crippen molar-refractivity contribution in [3.8, 4) is 0 Å². The zero-order chi connectivity index (χ0) is 11.4. The van der Waals surface area contributed by atoms with Crippen molar-refractivity contribution in [1.82, 2.24) is 0 Å². The van der Waals surface area contributed by atoms with Crippen LogP contribution in [0.15, 0.2) is 57.9 Å². The van der Waals surface area contributed by atoms with Gasteiger partial charge in [0.1, 0.15) is 0 Å². The predicted molar refractivity (Wildman–Crippen MR) is 74.9 cm³/mol. The third kappa shape index (κ3) is 3.39. The average molecular weight is 293 g/mol. The average Bonchev–Trinajstić information content (AvgIpc) is 2.30. The lowest BCUT2D eigenvalue weighted by molar-refractivity contribution is 1.35. The number of halogens is 1. The first kappa shape index (κ1) is 11.7. The Morgan fingerprint density at radius 2 is 1.56 bits per heavy atom. The lowest BCUT2D eigenvalue weighted by Crippen LogP contribution is -1.80. The normalized spacial score (nSPS) is 10.4. The maximum absolute atomic E-state index is 3.44. The van der Waals surface area contributed by atoms with E-state index in [0.29, 0.717) is 0 Å². The molecule has 0 atom stereocenters. The van der Waals surface area contributed by atoms with Crippen molar-refractivity contribution < 1.29 is 0 Å². The summed E-state index contributed by atoms with van der Waals surface area (Å²) in [5.74, 6) is 1.02. The van der Waals surface area contributed by atoms with Crippen LogP contribution in [0.5, 0.6) is 0 Å². The summed E-state index contributed by atoms with van der Waals surface area (Å²) in [6.07, 6.45) is 0. The van der Waals surface area contributed by atoms with Crippen LogP contribution in [-0.4, -0.2) is 0 Å². The standard InChI is InChI=1S/C14H13BrS/c1-11-2-8-14(9-3-11)16-10-12-4-6-13(15)7-5-12/h2-9H,10H2,1H3. The van der Waals surface area contributed by atoms with Gasteiger partial charge in [0.2, 0.25) is 0 Å². The van der Waals surface area contributed by atoms with E-state index in [0.717, 1.165) is 10.2 Å². The fourth-order valence-electron chi connectivity index (χ4n) is 1.38. The molecule has 0 aliphatic carbocycles. The lowest BCUT2D eigenvalue weighted by atomic mass is 10.2. The summed E-state index contributed by atoms with van der Waals surface area (Å²) >= 11 is 5.32. The molecule has 2 aromatic rings. The van der Waals surface area contributed by atoms with E-state index in [1.807, 2.05) is 11.8 Å². The number of thioether (sulfide) groups is 1. The van der Waals surface area contributed by atoms with Gasteiger partial charge in [-0.05, 0) is 36.8 Å². The summed E-state index contributed by atoms with van der Waals surface area (Å²) < 4.78 is 1.14. The van der Waals surface area contributed by atoms with Crippen LogP contribution in [-0.2, 0) is 5.75 Å². The highest BCUT2D eigenvalue weighted by Gasteiger charge is 1.96. The minimum Gasteiger partial charge on any atom is -0.121 e. The van der Waals surface area contributed by atoms with Gasteiger partial charge in [0.25, 0.3) is 0 Å². The van der Waals surface area contributed by atoms with Gasteiger partial charge < -0.3 is 0 Å². The first-order valence-electron chi connectivity index (χ1n) is 5.18. The molecule has 0 saturated heterocycles. The second-order valence-electron chi connectivity index (χ2n) is 3.73. The molecule has 0 amide bonds. The molecule has 0 radical (unpaired) electrons. The molecule has 0 nitrogen and oxygen atoms in total. The zero-order valence-corrected chi connectivity index (χ0v) is 11.5. The van der Waals surface area contributed by atoms with Crippen LogP contribution in [0.3, 0.4) is 0 Å². The Balaban J connectivity index is 1.97. The van der Waals surface area contributed by atoms with Crippen molar-refractivity contribution in [2.45, 2.75) is 17.6 Å². The van der Waals surface area contributed by atoms with Crippen molar-refractivity contribution in [2.75, 3.05) is 0 Å². The van der Waals surface area contributed by atoms with Gasteiger partial charge in [-0.3, -0.25) is 0 Å². The second-order valence-corrected chi connectivity index (χ2v) is 5.69. The van der Waals surface area contributed by atoms with Crippen LogP contribution in [0, 0.1) is 6.92 Å². The molecule has 2 heteroatoms. The molecule has 0 aliphatic rings. The Hall–Kier alpha value is -0.730. The molecule has 0 fully saturated rings. The highest BCUT2D eigenvalue weighted by atomic mass is 79.9. The van der Waals surface area contributed by atoms with Gasteiger partial charge in [-0.25, -0.2) is 0 Å². The summed E-state index contributed by atoms with van der Waals surface area (Å²) in [6.45, 7) is 2.11. The van der Waals surface area contributed by atoms with Crippen LogP contribution in [0.25, 0.3) is 0 Å². The van der Waals surface area contributed by atoms with E-state index in [1.54, 1.807) is 0 Å². The Labute approximate surface area is 109 Å². The summed E-state index contributed by atoms with van der Waals surface area (Å²) in [5.41, 5.74) is 2.67. The predicted octanol–water partition coefficient (Wildman–Crippen LogP) is 5.05. The Bertz CT molecular complexity index is 400. The molecule has 0 unspecified atom stereocenters. The van der Waals surface area contributed by atoms with E-state index in [9.17, 15) is 0 Å². The Morgan fingerprint density at radius 3 is 2.19 bits per heavy atom. The van der Waals surface area contributed by atoms with Gasteiger partial charge in [0.05, 0.1) is 0 Å². The Morgan fingerprint density at radius 1 is 0.938 bits per heavy atom. The van der Waals surface area contributed by atoms with Crippen molar-refractivity contribution in [3.63, 3.8) is 0 Å². The molecule has 16 heavy (non-hydrogen) atoms. The maximum atomic E-state index is 3.44. The third-order valence-corrected chi connectivity index (χ3v) is 3.95. The van der Waals surface area contributed by atoms with Crippen molar-refractivity contribution >= 4 is 27.7 Å².